The summed E-state index contributed by atoms with van der Waals surface area (Å²) in [6.45, 7) is 6.15. The predicted octanol–water partition coefficient (Wildman–Crippen LogP) is 18.0. The number of allylic oxidation sites excluding steroid dienone is 28. The fraction of sp³-hybridized carbons (Fsp3) is 0.508. The monoisotopic (exact) mass is 947 g/mol. The first kappa shape index (κ1) is 63.8. The molecule has 382 valence electrons. The van der Waals surface area contributed by atoms with Crippen LogP contribution < -0.4 is 0 Å². The quantitative estimate of drug-likeness (QED) is 0.0262. The van der Waals surface area contributed by atoms with Crippen molar-refractivity contribution in [3.63, 3.8) is 0 Å². The van der Waals surface area contributed by atoms with Crippen molar-refractivity contribution >= 4 is 17.9 Å². The van der Waals surface area contributed by atoms with Gasteiger partial charge in [-0.2, -0.15) is 0 Å². The summed E-state index contributed by atoms with van der Waals surface area (Å²) in [5.41, 5.74) is 0. The Morgan fingerprint density at radius 3 is 0.855 bits per heavy atom. The van der Waals surface area contributed by atoms with Gasteiger partial charge in [-0.25, -0.2) is 0 Å². The zero-order valence-electron chi connectivity index (χ0n) is 43.5. The minimum atomic E-state index is -0.848. The number of rotatable bonds is 45. The molecule has 0 aromatic carbocycles. The SMILES string of the molecule is CC/C=C\C/C=C\C/C=C\C/C=C\C/C=C\CCCCCC(=O)OCC(COC(=O)CCCC/C=C\C/C=C\C/C=C\C/C=C\CC)OC(=O)CCC/C=C\C/C=C\C/C=C\C/C=C\C/C=C\CC. The first-order chi connectivity index (χ1) is 34.0. The summed E-state index contributed by atoms with van der Waals surface area (Å²) in [6.07, 6.45) is 82.0. The third kappa shape index (κ3) is 53.6. The van der Waals surface area contributed by atoms with Crippen LogP contribution in [0.4, 0.5) is 0 Å². The van der Waals surface area contributed by atoms with Gasteiger partial charge in [-0.1, -0.05) is 197 Å². The predicted molar refractivity (Wildman–Crippen MR) is 297 cm³/mol. The van der Waals surface area contributed by atoms with Crippen molar-refractivity contribution in [2.75, 3.05) is 13.2 Å². The summed E-state index contributed by atoms with van der Waals surface area (Å²) in [5, 5.41) is 0. The van der Waals surface area contributed by atoms with E-state index in [0.717, 1.165) is 135 Å². The van der Waals surface area contributed by atoms with Crippen molar-refractivity contribution in [1.82, 2.24) is 0 Å². The Morgan fingerprint density at radius 2 is 0.536 bits per heavy atom. The molecule has 0 aliphatic heterocycles. The van der Waals surface area contributed by atoms with Crippen molar-refractivity contribution < 1.29 is 28.6 Å². The second-order valence-electron chi connectivity index (χ2n) is 16.6. The number of carbonyl (C=O) groups is 3. The molecule has 0 aliphatic rings. The molecule has 0 spiro atoms. The second kappa shape index (κ2) is 55.4. The maximum atomic E-state index is 12.8. The molecule has 1 atom stereocenters. The zero-order chi connectivity index (χ0) is 50.0. The normalized spacial score (nSPS) is 13.5. The van der Waals surface area contributed by atoms with Crippen molar-refractivity contribution in [1.29, 1.82) is 0 Å². The standard InChI is InChI=1S/C63H94O6/c1-4-7-10-13-16-19-22-25-28-30-31-33-35-38-41-44-47-50-53-56-62(65)68-59-60(58-67-61(64)55-52-49-46-43-40-37-34-27-24-21-18-15-12-9-6-3)69-63(66)57-54-51-48-45-42-39-36-32-29-26-23-20-17-14-11-8-5-2/h7-12,16-21,25-29,31,33-34,36,38-41,43,45,48,60H,4-6,13-15,22-24,30,32,35,37,42,44,46-47,49-59H2,1-3H3/b10-7-,11-8-,12-9-,19-16-,20-17-,21-18-,28-25-,29-26-,33-31-,34-27-,39-36-,41-38-,43-40-,48-45-. The first-order valence-electron chi connectivity index (χ1n) is 26.6. The van der Waals surface area contributed by atoms with Crippen molar-refractivity contribution in [2.45, 2.75) is 194 Å². The van der Waals surface area contributed by atoms with Gasteiger partial charge < -0.3 is 14.2 Å². The highest BCUT2D eigenvalue weighted by Gasteiger charge is 2.19. The van der Waals surface area contributed by atoms with E-state index in [1.807, 2.05) is 0 Å². The van der Waals surface area contributed by atoms with Crippen LogP contribution in [0, 0.1) is 0 Å². The van der Waals surface area contributed by atoms with Gasteiger partial charge in [0.05, 0.1) is 0 Å². The summed E-state index contributed by atoms with van der Waals surface area (Å²) in [5.74, 6) is -1.09. The van der Waals surface area contributed by atoms with Crippen LogP contribution >= 0.6 is 0 Å². The molecule has 0 radical (unpaired) electrons. The Kier molecular flexibility index (Phi) is 51.2. The van der Waals surface area contributed by atoms with Gasteiger partial charge in [0.25, 0.3) is 0 Å². The Morgan fingerprint density at radius 1 is 0.290 bits per heavy atom. The molecule has 0 fully saturated rings. The fourth-order valence-corrected chi connectivity index (χ4v) is 6.32. The molecular weight excluding hydrogens is 853 g/mol. The van der Waals surface area contributed by atoms with Crippen LogP contribution in [-0.4, -0.2) is 37.2 Å². The molecule has 0 aromatic rings. The Balaban J connectivity index is 4.65. The topological polar surface area (TPSA) is 78.9 Å². The molecule has 69 heavy (non-hydrogen) atoms. The van der Waals surface area contributed by atoms with Gasteiger partial charge in [0.1, 0.15) is 13.2 Å². The average Bonchev–Trinajstić information content (AvgIpc) is 3.35. The first-order valence-corrected chi connectivity index (χ1v) is 26.6. The lowest BCUT2D eigenvalue weighted by Crippen LogP contribution is -2.30. The molecule has 0 saturated carbocycles. The lowest BCUT2D eigenvalue weighted by Gasteiger charge is -2.18. The molecule has 0 amide bonds. The molecule has 0 N–H and O–H groups in total. The van der Waals surface area contributed by atoms with Gasteiger partial charge >= 0.3 is 17.9 Å². The molecule has 1 unspecified atom stereocenters. The molecule has 6 nitrogen and oxygen atoms in total. The zero-order valence-corrected chi connectivity index (χ0v) is 43.5. The molecule has 6 heteroatoms. The Bertz CT molecular complexity index is 1650. The fourth-order valence-electron chi connectivity index (χ4n) is 6.32. The molecule has 0 rings (SSSR count). The molecule has 0 saturated heterocycles. The van der Waals surface area contributed by atoms with Crippen LogP contribution in [0.2, 0.25) is 0 Å². The van der Waals surface area contributed by atoms with Crippen LogP contribution in [0.3, 0.4) is 0 Å². The third-order valence-electron chi connectivity index (χ3n) is 10.2. The van der Waals surface area contributed by atoms with Gasteiger partial charge in [-0.15, -0.1) is 0 Å². The minimum absolute atomic E-state index is 0.140. The Hall–Kier alpha value is -5.23. The maximum absolute atomic E-state index is 12.8. The lowest BCUT2D eigenvalue weighted by atomic mass is 10.1. The largest absolute Gasteiger partial charge is 0.462 e. The highest BCUT2D eigenvalue weighted by Crippen LogP contribution is 2.10. The second-order valence-corrected chi connectivity index (χ2v) is 16.6. The van der Waals surface area contributed by atoms with E-state index in [0.29, 0.717) is 19.3 Å². The van der Waals surface area contributed by atoms with Crippen LogP contribution in [-0.2, 0) is 28.6 Å². The molecule has 0 heterocycles. The minimum Gasteiger partial charge on any atom is -0.462 e. The van der Waals surface area contributed by atoms with Crippen LogP contribution in [0.5, 0.6) is 0 Å². The number of hydrogen-bond acceptors (Lipinski definition) is 6. The van der Waals surface area contributed by atoms with Crippen molar-refractivity contribution in [2.24, 2.45) is 0 Å². The van der Waals surface area contributed by atoms with E-state index < -0.39 is 12.1 Å². The number of esters is 3. The number of hydrogen-bond donors (Lipinski definition) is 0. The number of unbranched alkanes of at least 4 members (excludes halogenated alkanes) is 6. The summed E-state index contributed by atoms with van der Waals surface area (Å²) in [6, 6.07) is 0. The highest BCUT2D eigenvalue weighted by molar-refractivity contribution is 5.71. The van der Waals surface area contributed by atoms with Gasteiger partial charge in [-0.05, 0) is 141 Å². The van der Waals surface area contributed by atoms with E-state index in [9.17, 15) is 14.4 Å². The van der Waals surface area contributed by atoms with Crippen molar-refractivity contribution in [3.8, 4) is 0 Å². The van der Waals surface area contributed by atoms with Gasteiger partial charge in [0.15, 0.2) is 6.10 Å². The smallest absolute Gasteiger partial charge is 0.306 e. The molecule has 0 aromatic heterocycles. The van der Waals surface area contributed by atoms with Gasteiger partial charge in [0.2, 0.25) is 0 Å². The molecule has 0 bridgehead atoms. The van der Waals surface area contributed by atoms with E-state index in [4.69, 9.17) is 14.2 Å². The molecule has 0 aliphatic carbocycles. The summed E-state index contributed by atoms with van der Waals surface area (Å²) in [7, 11) is 0. The van der Waals surface area contributed by atoms with E-state index >= 15 is 0 Å². The van der Waals surface area contributed by atoms with Gasteiger partial charge in [0, 0.05) is 19.3 Å². The van der Waals surface area contributed by atoms with Crippen molar-refractivity contribution in [3.05, 3.63) is 170 Å². The van der Waals surface area contributed by atoms with E-state index in [-0.39, 0.29) is 38.0 Å². The van der Waals surface area contributed by atoms with E-state index in [2.05, 4.69) is 191 Å². The lowest BCUT2D eigenvalue weighted by molar-refractivity contribution is -0.167. The number of ether oxygens (including phenoxy) is 3. The van der Waals surface area contributed by atoms with E-state index in [1.165, 1.54) is 0 Å². The Labute approximate surface area is 422 Å². The third-order valence-corrected chi connectivity index (χ3v) is 10.2. The number of carbonyl (C=O) groups excluding carboxylic acids is 3. The summed E-state index contributed by atoms with van der Waals surface area (Å²) >= 11 is 0. The van der Waals surface area contributed by atoms with Crippen LogP contribution in [0.1, 0.15) is 188 Å². The summed E-state index contributed by atoms with van der Waals surface area (Å²) < 4.78 is 16.7. The molecular formula is C63H94O6. The summed E-state index contributed by atoms with van der Waals surface area (Å²) in [4.78, 5) is 38.0. The van der Waals surface area contributed by atoms with Gasteiger partial charge in [-0.3, -0.25) is 14.4 Å². The van der Waals surface area contributed by atoms with Crippen LogP contribution in [0.25, 0.3) is 0 Å². The average molecular weight is 947 g/mol. The van der Waals surface area contributed by atoms with E-state index in [1.54, 1.807) is 0 Å². The highest BCUT2D eigenvalue weighted by atomic mass is 16.6. The maximum Gasteiger partial charge on any atom is 0.306 e. The van der Waals surface area contributed by atoms with Crippen LogP contribution in [0.15, 0.2) is 170 Å².